The molecule has 0 saturated heterocycles. The normalized spacial score (nSPS) is 14.8. The number of H-pyrrole nitrogens is 2. The molecular weight excluding hydrogens is 516 g/mol. The maximum Gasteiger partial charge on any atom is 0.326 e. The molecule has 214 valence electrons. The van der Waals surface area contributed by atoms with Gasteiger partial charge in [-0.25, -0.2) is 14.8 Å². The zero-order valence-corrected chi connectivity index (χ0v) is 22.5. The lowest BCUT2D eigenvalue weighted by molar-refractivity contribution is -0.143. The molecule has 0 aliphatic rings. The first-order valence-electron chi connectivity index (χ1n) is 13.1. The zero-order valence-electron chi connectivity index (χ0n) is 22.5. The van der Waals surface area contributed by atoms with E-state index < -0.39 is 47.9 Å². The molecule has 0 bridgehead atoms. The molecule has 0 saturated carbocycles. The fourth-order valence-electron chi connectivity index (χ4n) is 4.10. The monoisotopic (exact) mass is 552 g/mol. The van der Waals surface area contributed by atoms with Crippen LogP contribution < -0.4 is 21.7 Å². The highest BCUT2D eigenvalue weighted by Gasteiger charge is 2.32. The number of hydrogen-bond acceptors (Lipinski definition) is 7. The third-order valence-corrected chi connectivity index (χ3v) is 6.64. The maximum atomic E-state index is 13.6. The minimum atomic E-state index is -1.17. The summed E-state index contributed by atoms with van der Waals surface area (Å²) in [6, 6.07) is 4.78. The van der Waals surface area contributed by atoms with Gasteiger partial charge in [-0.2, -0.15) is 0 Å². The third-order valence-electron chi connectivity index (χ3n) is 6.64. The first kappa shape index (κ1) is 30.0. The van der Waals surface area contributed by atoms with Crippen molar-refractivity contribution in [2.24, 2.45) is 11.7 Å². The van der Waals surface area contributed by atoms with Gasteiger partial charge in [-0.1, -0.05) is 50.6 Å². The van der Waals surface area contributed by atoms with Crippen molar-refractivity contribution in [1.82, 2.24) is 35.9 Å². The van der Waals surface area contributed by atoms with Gasteiger partial charge in [0.1, 0.15) is 18.1 Å². The van der Waals surface area contributed by atoms with E-state index in [0.29, 0.717) is 17.8 Å². The van der Waals surface area contributed by atoms with E-state index >= 15 is 0 Å². The first-order valence-corrected chi connectivity index (χ1v) is 13.1. The summed E-state index contributed by atoms with van der Waals surface area (Å²) >= 11 is 0. The van der Waals surface area contributed by atoms with E-state index in [4.69, 9.17) is 5.73 Å². The van der Waals surface area contributed by atoms with Crippen LogP contribution in [0.1, 0.15) is 37.2 Å². The molecule has 40 heavy (non-hydrogen) atoms. The second-order valence-electron chi connectivity index (χ2n) is 9.69. The summed E-state index contributed by atoms with van der Waals surface area (Å²) in [5, 5.41) is 17.6. The topological polar surface area (TPSA) is 208 Å². The number of carboxylic acids is 1. The molecule has 0 fully saturated rings. The van der Waals surface area contributed by atoms with Gasteiger partial charge in [-0.05, 0) is 11.5 Å². The van der Waals surface area contributed by atoms with E-state index in [2.05, 4.69) is 35.9 Å². The van der Waals surface area contributed by atoms with Crippen molar-refractivity contribution >= 4 is 23.7 Å². The van der Waals surface area contributed by atoms with E-state index in [1.807, 2.05) is 37.3 Å². The lowest BCUT2D eigenvalue weighted by Gasteiger charge is -2.26. The lowest BCUT2D eigenvalue weighted by Crippen LogP contribution is -2.58. The molecule has 5 unspecified atom stereocenters. The second-order valence-corrected chi connectivity index (χ2v) is 9.69. The van der Waals surface area contributed by atoms with Crippen molar-refractivity contribution in [1.29, 1.82) is 0 Å². The van der Waals surface area contributed by atoms with Gasteiger partial charge in [0.05, 0.1) is 18.7 Å². The van der Waals surface area contributed by atoms with Crippen molar-refractivity contribution < 1.29 is 24.3 Å². The highest BCUT2D eigenvalue weighted by molar-refractivity contribution is 5.94. The number of imidazole rings is 2. The van der Waals surface area contributed by atoms with E-state index in [1.165, 1.54) is 18.9 Å². The Morgan fingerprint density at radius 1 is 0.850 bits per heavy atom. The van der Waals surface area contributed by atoms with Gasteiger partial charge in [0.25, 0.3) is 0 Å². The molecule has 0 radical (unpaired) electrons. The van der Waals surface area contributed by atoms with Crippen molar-refractivity contribution in [3.8, 4) is 0 Å². The molecule has 3 rings (SSSR count). The summed E-state index contributed by atoms with van der Waals surface area (Å²) in [6.07, 6.45) is 6.85. The van der Waals surface area contributed by atoms with Gasteiger partial charge in [-0.15, -0.1) is 0 Å². The predicted octanol–water partition coefficient (Wildman–Crippen LogP) is 0.0731. The van der Waals surface area contributed by atoms with Crippen molar-refractivity contribution in [2.45, 2.75) is 63.7 Å². The van der Waals surface area contributed by atoms with Crippen LogP contribution in [0.3, 0.4) is 0 Å². The van der Waals surface area contributed by atoms with Crippen LogP contribution in [0.5, 0.6) is 0 Å². The summed E-state index contributed by atoms with van der Waals surface area (Å²) in [6.45, 7) is 3.55. The van der Waals surface area contributed by atoms with Gasteiger partial charge in [0, 0.05) is 43.0 Å². The van der Waals surface area contributed by atoms with Crippen LogP contribution in [0.25, 0.3) is 0 Å². The van der Waals surface area contributed by atoms with E-state index in [1.54, 1.807) is 13.1 Å². The van der Waals surface area contributed by atoms with Crippen molar-refractivity contribution in [3.63, 3.8) is 0 Å². The molecule has 8 N–H and O–H groups in total. The largest absolute Gasteiger partial charge is 0.480 e. The Labute approximate surface area is 231 Å². The summed E-state index contributed by atoms with van der Waals surface area (Å²) in [5.74, 6) is -3.36. The molecule has 1 aromatic carbocycles. The van der Waals surface area contributed by atoms with Crippen LogP contribution in [0.15, 0.2) is 55.4 Å². The molecule has 2 aromatic heterocycles. The number of nitrogens with two attached hydrogens (primary N) is 1. The molecule has 5 atom stereocenters. The number of rotatable bonds is 15. The van der Waals surface area contributed by atoms with Gasteiger partial charge < -0.3 is 36.8 Å². The smallest absolute Gasteiger partial charge is 0.326 e. The number of carbonyl (C=O) groups is 4. The summed E-state index contributed by atoms with van der Waals surface area (Å²) in [4.78, 5) is 65.3. The van der Waals surface area contributed by atoms with Gasteiger partial charge >= 0.3 is 5.97 Å². The number of amides is 3. The SMILES string of the molecule is CCC(C)C(NC(=O)C(Cc1cnc[nH]1)NC(=O)C(Cc1ccccc1)NC(=O)C(N)Cc1cnc[nH]1)C(=O)O. The van der Waals surface area contributed by atoms with Gasteiger partial charge in [0.15, 0.2) is 0 Å². The Morgan fingerprint density at radius 2 is 1.40 bits per heavy atom. The molecule has 0 aliphatic carbocycles. The van der Waals surface area contributed by atoms with Crippen molar-refractivity contribution in [3.05, 3.63) is 72.3 Å². The number of carboxylic acid groups (broad SMARTS) is 1. The first-order chi connectivity index (χ1) is 19.2. The van der Waals surface area contributed by atoms with Crippen LogP contribution in [0.4, 0.5) is 0 Å². The van der Waals surface area contributed by atoms with Crippen LogP contribution >= 0.6 is 0 Å². The van der Waals surface area contributed by atoms with Crippen LogP contribution in [-0.2, 0) is 38.4 Å². The summed E-state index contributed by atoms with van der Waals surface area (Å²) in [7, 11) is 0. The van der Waals surface area contributed by atoms with Crippen LogP contribution in [0.2, 0.25) is 0 Å². The molecule has 13 heteroatoms. The fraction of sp³-hybridized carbons (Fsp3) is 0.407. The number of aliphatic carboxylic acids is 1. The number of nitrogens with zero attached hydrogens (tertiary/aromatic N) is 2. The van der Waals surface area contributed by atoms with Crippen LogP contribution in [-0.4, -0.2) is 72.9 Å². The van der Waals surface area contributed by atoms with Gasteiger partial charge in [0.2, 0.25) is 17.7 Å². The number of nitrogens with one attached hydrogen (secondary N) is 5. The highest BCUT2D eigenvalue weighted by Crippen LogP contribution is 2.10. The molecule has 13 nitrogen and oxygen atoms in total. The number of aromatic nitrogens is 4. The molecule has 0 aliphatic heterocycles. The number of hydrogen-bond donors (Lipinski definition) is 7. The van der Waals surface area contributed by atoms with Gasteiger partial charge in [-0.3, -0.25) is 14.4 Å². The zero-order chi connectivity index (χ0) is 29.1. The standard InChI is InChI=1S/C27H36N8O5/c1-3-16(2)23(27(39)40)35-26(38)22(11-19-13-30-15-32-19)34-25(37)21(9-17-7-5-4-6-8-17)33-24(36)20(28)10-18-12-29-14-31-18/h4-8,12-16,20-23H,3,9-11,28H2,1-2H3,(H,29,31)(H,30,32)(H,33,36)(H,34,37)(H,35,38)(H,39,40). The van der Waals surface area contributed by atoms with Crippen LogP contribution in [0, 0.1) is 5.92 Å². The molecular formula is C27H36N8O5. The average Bonchev–Trinajstić information content (AvgIpc) is 3.65. The highest BCUT2D eigenvalue weighted by atomic mass is 16.4. The van der Waals surface area contributed by atoms with E-state index in [-0.39, 0.29) is 25.2 Å². The number of carbonyl (C=O) groups excluding carboxylic acids is 3. The Bertz CT molecular complexity index is 1230. The summed E-state index contributed by atoms with van der Waals surface area (Å²) < 4.78 is 0. The minimum absolute atomic E-state index is 0.0236. The molecule has 3 aromatic rings. The molecule has 3 amide bonds. The van der Waals surface area contributed by atoms with E-state index in [9.17, 15) is 24.3 Å². The molecule has 2 heterocycles. The predicted molar refractivity (Wildman–Crippen MR) is 146 cm³/mol. The lowest BCUT2D eigenvalue weighted by atomic mass is 9.98. The van der Waals surface area contributed by atoms with Crippen molar-refractivity contribution in [2.75, 3.05) is 0 Å². The number of aromatic amines is 2. The minimum Gasteiger partial charge on any atom is -0.480 e. The fourth-order valence-corrected chi connectivity index (χ4v) is 4.10. The molecule has 0 spiro atoms. The Balaban J connectivity index is 1.80. The third kappa shape index (κ3) is 8.76. The Hall–Kier alpha value is -4.52. The quantitative estimate of drug-likeness (QED) is 0.137. The number of benzene rings is 1. The maximum absolute atomic E-state index is 13.6. The second kappa shape index (κ2) is 14.6. The van der Waals surface area contributed by atoms with E-state index in [0.717, 1.165) is 5.56 Å². The average molecular weight is 553 g/mol. The summed E-state index contributed by atoms with van der Waals surface area (Å²) in [5.41, 5.74) is 8.09. The Kier molecular flexibility index (Phi) is 10.9. The Morgan fingerprint density at radius 3 is 1.95 bits per heavy atom.